The molecule has 0 spiro atoms. The first kappa shape index (κ1) is 15.6. The topological polar surface area (TPSA) is 23.1 Å². The molecule has 1 radical (unpaired) electrons. The van der Waals surface area contributed by atoms with Crippen molar-refractivity contribution < 1.29 is 57.7 Å². The first-order valence-corrected chi connectivity index (χ1v) is 1.39. The normalized spacial score (nSPS) is 6.00. The van der Waals surface area contributed by atoms with Crippen LogP contribution in [0.25, 0.3) is 0 Å². The summed E-state index contributed by atoms with van der Waals surface area (Å²) in [5, 5.41) is 9.53. The molecule has 0 aromatic heterocycles. The van der Waals surface area contributed by atoms with Gasteiger partial charge in [-0.3, -0.25) is 0 Å². The number of halogens is 1. The molecule has 0 saturated carbocycles. The Labute approximate surface area is 76.9 Å². The Balaban J connectivity index is -0.0000000450. The van der Waals surface area contributed by atoms with Gasteiger partial charge in [0.15, 0.2) is 0 Å². The van der Waals surface area contributed by atoms with Gasteiger partial charge in [-0.25, -0.2) is 0 Å². The van der Waals surface area contributed by atoms with Crippen molar-refractivity contribution in [3.05, 3.63) is 0 Å². The van der Waals surface area contributed by atoms with Crippen LogP contribution in [-0.4, -0.2) is 6.10 Å². The Morgan fingerprint density at radius 2 is 1.33 bits per heavy atom. The van der Waals surface area contributed by atoms with Crippen molar-refractivity contribution in [2.24, 2.45) is 0 Å². The molecule has 0 aromatic carbocycles. The van der Waals surface area contributed by atoms with Gasteiger partial charge in [0.25, 0.3) is 0 Å². The summed E-state index contributed by atoms with van der Waals surface area (Å²) in [6, 6.07) is 0. The summed E-state index contributed by atoms with van der Waals surface area (Å²) >= 11 is 0. The Kier molecular flexibility index (Phi) is 25.6. The van der Waals surface area contributed by atoms with Crippen molar-refractivity contribution >= 4 is 0 Å². The van der Waals surface area contributed by atoms with E-state index in [0.717, 1.165) is 0 Å². The molecule has 0 aromatic rings. The minimum atomic E-state index is -0.417. The summed E-state index contributed by atoms with van der Waals surface area (Å²) in [6.07, 6.45) is -0.417. The van der Waals surface area contributed by atoms with Crippen LogP contribution in [0.2, 0.25) is 0 Å². The summed E-state index contributed by atoms with van der Waals surface area (Å²) in [4.78, 5) is 0. The standard InChI is InChI=1S/C3H7O.BrH.La/c1-3(2)4;;/h3H,1-2H3;1H;/q-1;;/p-1. The third kappa shape index (κ3) is 45.3. The van der Waals surface area contributed by atoms with Gasteiger partial charge in [-0.05, 0) is 0 Å². The third-order valence-electron chi connectivity index (χ3n) is 0. The fraction of sp³-hybridized carbons (Fsp3) is 1.00. The zero-order chi connectivity index (χ0) is 3.58. The van der Waals surface area contributed by atoms with Gasteiger partial charge in [0.1, 0.15) is 0 Å². The molecular formula is C3H7BrLaO-2. The van der Waals surface area contributed by atoms with Gasteiger partial charge >= 0.3 is 0 Å². The second-order valence-corrected chi connectivity index (χ2v) is 1.05. The van der Waals surface area contributed by atoms with Crippen molar-refractivity contribution in [3.8, 4) is 0 Å². The Morgan fingerprint density at radius 1 is 1.33 bits per heavy atom. The molecule has 0 bridgehead atoms. The fourth-order valence-electron chi connectivity index (χ4n) is 0. The molecular weight excluding hydrogens is 271 g/mol. The summed E-state index contributed by atoms with van der Waals surface area (Å²) in [5.74, 6) is 0. The number of hydrogen-bond acceptors (Lipinski definition) is 1. The molecule has 1 nitrogen and oxygen atoms in total. The molecule has 0 N–H and O–H groups in total. The first-order valence-electron chi connectivity index (χ1n) is 1.39. The van der Waals surface area contributed by atoms with Gasteiger partial charge in [-0.1, -0.05) is 13.8 Å². The van der Waals surface area contributed by atoms with E-state index in [1.165, 1.54) is 0 Å². The maximum Gasteiger partial charge on any atom is 0 e. The Bertz CT molecular complexity index is 15.5. The average Bonchev–Trinajstić information content (AvgIpc) is 0.811. The molecule has 37 valence electrons. The van der Waals surface area contributed by atoms with E-state index in [2.05, 4.69) is 0 Å². The maximum absolute atomic E-state index is 9.53. The van der Waals surface area contributed by atoms with Gasteiger partial charge < -0.3 is 22.1 Å². The van der Waals surface area contributed by atoms with Crippen LogP contribution in [-0.2, 0) is 0 Å². The summed E-state index contributed by atoms with van der Waals surface area (Å²) in [5.41, 5.74) is 0. The molecule has 6 heavy (non-hydrogen) atoms. The van der Waals surface area contributed by atoms with E-state index in [9.17, 15) is 5.11 Å². The van der Waals surface area contributed by atoms with Crippen LogP contribution in [0.1, 0.15) is 13.8 Å². The van der Waals surface area contributed by atoms with Crippen molar-refractivity contribution in [1.82, 2.24) is 0 Å². The quantitative estimate of drug-likeness (QED) is 0.457. The van der Waals surface area contributed by atoms with Crippen LogP contribution in [0.3, 0.4) is 0 Å². The molecule has 3 heteroatoms. The smallest absolute Gasteiger partial charge is 0 e. The van der Waals surface area contributed by atoms with E-state index in [1.54, 1.807) is 13.8 Å². The van der Waals surface area contributed by atoms with E-state index in [4.69, 9.17) is 0 Å². The molecule has 0 rings (SSSR count). The molecule has 0 heterocycles. The maximum atomic E-state index is 9.53. The largest absolute Gasteiger partial charge is 1.00 e. The predicted molar refractivity (Wildman–Crippen MR) is 15.1 cm³/mol. The molecule has 0 aliphatic rings. The van der Waals surface area contributed by atoms with E-state index >= 15 is 0 Å². The fourth-order valence-corrected chi connectivity index (χ4v) is 0. The van der Waals surface area contributed by atoms with Crippen molar-refractivity contribution in [1.29, 1.82) is 0 Å². The van der Waals surface area contributed by atoms with Gasteiger partial charge in [0, 0.05) is 35.6 Å². The average molecular weight is 278 g/mol. The van der Waals surface area contributed by atoms with Crippen LogP contribution in [0.5, 0.6) is 0 Å². The second-order valence-electron chi connectivity index (χ2n) is 1.05. The van der Waals surface area contributed by atoms with Gasteiger partial charge in [0.05, 0.1) is 0 Å². The number of rotatable bonds is 0. The monoisotopic (exact) mass is 277 g/mol. The summed E-state index contributed by atoms with van der Waals surface area (Å²) in [6.45, 7) is 3.22. The zero-order valence-corrected chi connectivity index (χ0v) is 9.15. The van der Waals surface area contributed by atoms with Crippen molar-refractivity contribution in [2.45, 2.75) is 20.0 Å². The molecule has 0 atom stereocenters. The summed E-state index contributed by atoms with van der Waals surface area (Å²) in [7, 11) is 0. The molecule has 0 amide bonds. The minimum absolute atomic E-state index is 0. The van der Waals surface area contributed by atoms with Crippen LogP contribution in [0.4, 0.5) is 0 Å². The Hall–Kier alpha value is 1.63. The van der Waals surface area contributed by atoms with E-state index < -0.39 is 6.10 Å². The van der Waals surface area contributed by atoms with Crippen molar-refractivity contribution in [2.75, 3.05) is 0 Å². The minimum Gasteiger partial charge on any atom is -1.00 e. The Morgan fingerprint density at radius 3 is 1.33 bits per heavy atom. The van der Waals surface area contributed by atoms with E-state index in [0.29, 0.717) is 0 Å². The van der Waals surface area contributed by atoms with E-state index in [1.807, 2.05) is 0 Å². The second kappa shape index (κ2) is 9.81. The molecule has 0 aliphatic heterocycles. The zero-order valence-electron chi connectivity index (χ0n) is 3.94. The first-order chi connectivity index (χ1) is 1.73. The summed E-state index contributed by atoms with van der Waals surface area (Å²) < 4.78 is 0. The van der Waals surface area contributed by atoms with Crippen molar-refractivity contribution in [3.63, 3.8) is 0 Å². The molecule has 0 unspecified atom stereocenters. The predicted octanol–water partition coefficient (Wildman–Crippen LogP) is -3.24. The molecule has 0 aliphatic carbocycles. The van der Waals surface area contributed by atoms with Gasteiger partial charge in [-0.15, -0.1) is 6.10 Å². The van der Waals surface area contributed by atoms with Crippen LogP contribution in [0, 0.1) is 35.6 Å². The third-order valence-corrected chi connectivity index (χ3v) is 0. The van der Waals surface area contributed by atoms with Crippen LogP contribution < -0.4 is 22.1 Å². The number of hydrogen-bond donors (Lipinski definition) is 0. The van der Waals surface area contributed by atoms with Crippen LogP contribution in [0.15, 0.2) is 0 Å². The molecule has 0 fully saturated rings. The SMILES string of the molecule is CC(C)[O-].[Br-].[La]. The van der Waals surface area contributed by atoms with E-state index in [-0.39, 0.29) is 52.6 Å². The van der Waals surface area contributed by atoms with Gasteiger partial charge in [-0.2, -0.15) is 0 Å². The molecule has 0 saturated heterocycles. The van der Waals surface area contributed by atoms with Crippen LogP contribution >= 0.6 is 0 Å². The van der Waals surface area contributed by atoms with Gasteiger partial charge in [0.2, 0.25) is 0 Å².